The maximum atomic E-state index is 13.1. The number of aromatic nitrogens is 3. The fourth-order valence-corrected chi connectivity index (χ4v) is 2.22. The first-order valence-electron chi connectivity index (χ1n) is 6.55. The van der Waals surface area contributed by atoms with Crippen LogP contribution in [-0.2, 0) is 0 Å². The molecule has 0 saturated carbocycles. The Labute approximate surface area is 130 Å². The third kappa shape index (κ3) is 2.53. The van der Waals surface area contributed by atoms with Gasteiger partial charge in [-0.2, -0.15) is 5.10 Å². The van der Waals surface area contributed by atoms with Gasteiger partial charge >= 0.3 is 0 Å². The Balaban J connectivity index is 1.91. The van der Waals surface area contributed by atoms with Crippen molar-refractivity contribution in [1.29, 1.82) is 0 Å². The lowest BCUT2D eigenvalue weighted by molar-refractivity contribution is 0.102. The van der Waals surface area contributed by atoms with Crippen molar-refractivity contribution < 1.29 is 9.18 Å². The minimum atomic E-state index is -0.538. The number of nitrogens with one attached hydrogen (secondary N) is 1. The maximum Gasteiger partial charge on any atom is 0.276 e. The highest BCUT2D eigenvalue weighted by Crippen LogP contribution is 2.20. The van der Waals surface area contributed by atoms with Crippen LogP contribution in [0, 0.1) is 19.7 Å². The average molecular weight is 319 g/mol. The molecule has 0 spiro atoms. The van der Waals surface area contributed by atoms with Gasteiger partial charge in [-0.25, -0.2) is 13.9 Å². The summed E-state index contributed by atoms with van der Waals surface area (Å²) in [5.41, 5.74) is 3.03. The molecule has 1 aromatic carbocycles. The fraction of sp³-hybridized carbons (Fsp3) is 0.133. The van der Waals surface area contributed by atoms with E-state index in [9.17, 15) is 9.18 Å². The van der Waals surface area contributed by atoms with Crippen LogP contribution >= 0.6 is 11.6 Å². The Kier molecular flexibility index (Phi) is 3.54. The molecular formula is C15H12ClFN4O. The summed E-state index contributed by atoms with van der Waals surface area (Å²) in [5, 5.41) is 6.84. The van der Waals surface area contributed by atoms with Crippen LogP contribution in [0.3, 0.4) is 0 Å². The molecule has 22 heavy (non-hydrogen) atoms. The number of imidazole rings is 1. The number of rotatable bonds is 2. The SMILES string of the molecule is Cc1nc2ccc(C(=O)Nc3ccc(F)c(Cl)c3)nn2c1C. The van der Waals surface area contributed by atoms with Crippen LogP contribution < -0.4 is 5.32 Å². The molecule has 0 aliphatic heterocycles. The van der Waals surface area contributed by atoms with Gasteiger partial charge in [0.2, 0.25) is 0 Å². The molecule has 0 radical (unpaired) electrons. The number of amides is 1. The van der Waals surface area contributed by atoms with Crippen LogP contribution in [0.5, 0.6) is 0 Å². The normalized spacial score (nSPS) is 10.9. The Hall–Kier alpha value is -2.47. The van der Waals surface area contributed by atoms with E-state index in [0.717, 1.165) is 11.4 Å². The summed E-state index contributed by atoms with van der Waals surface area (Å²) in [5.74, 6) is -0.945. The van der Waals surface area contributed by atoms with E-state index < -0.39 is 11.7 Å². The largest absolute Gasteiger partial charge is 0.321 e. The molecule has 7 heteroatoms. The van der Waals surface area contributed by atoms with Crippen LogP contribution in [0.4, 0.5) is 10.1 Å². The number of benzene rings is 1. The second-order valence-corrected chi connectivity index (χ2v) is 5.26. The number of hydrogen-bond donors (Lipinski definition) is 1. The lowest BCUT2D eigenvalue weighted by Crippen LogP contribution is -2.15. The number of anilines is 1. The van der Waals surface area contributed by atoms with E-state index >= 15 is 0 Å². The first kappa shape index (κ1) is 14.5. The Morgan fingerprint density at radius 2 is 2.05 bits per heavy atom. The zero-order chi connectivity index (χ0) is 15.9. The molecule has 112 valence electrons. The molecule has 0 unspecified atom stereocenters. The number of hydrogen-bond acceptors (Lipinski definition) is 3. The van der Waals surface area contributed by atoms with Crippen molar-refractivity contribution in [3.63, 3.8) is 0 Å². The van der Waals surface area contributed by atoms with E-state index in [-0.39, 0.29) is 10.7 Å². The van der Waals surface area contributed by atoms with Gasteiger partial charge < -0.3 is 5.32 Å². The highest BCUT2D eigenvalue weighted by Gasteiger charge is 2.12. The van der Waals surface area contributed by atoms with Crippen LogP contribution in [0.1, 0.15) is 21.9 Å². The molecular weight excluding hydrogens is 307 g/mol. The van der Waals surface area contributed by atoms with Crippen molar-refractivity contribution in [1.82, 2.24) is 14.6 Å². The van der Waals surface area contributed by atoms with Gasteiger partial charge in [-0.05, 0) is 44.2 Å². The molecule has 5 nitrogen and oxygen atoms in total. The lowest BCUT2D eigenvalue weighted by Gasteiger charge is -2.06. The molecule has 0 saturated heterocycles. The standard InChI is InChI=1S/C15H12ClFN4O/c1-8-9(2)21-14(18-8)6-5-13(20-21)15(22)19-10-3-4-12(17)11(16)7-10/h3-7H,1-2H3,(H,19,22). The Bertz CT molecular complexity index is 891. The number of halogens is 2. The van der Waals surface area contributed by atoms with Crippen LogP contribution in [-0.4, -0.2) is 20.5 Å². The monoisotopic (exact) mass is 318 g/mol. The number of nitrogens with zero attached hydrogens (tertiary/aromatic N) is 3. The van der Waals surface area contributed by atoms with Gasteiger partial charge in [0.1, 0.15) is 11.5 Å². The Morgan fingerprint density at radius 1 is 1.27 bits per heavy atom. The van der Waals surface area contributed by atoms with Gasteiger partial charge in [-0.3, -0.25) is 4.79 Å². The van der Waals surface area contributed by atoms with Gasteiger partial charge in [0, 0.05) is 5.69 Å². The van der Waals surface area contributed by atoms with Crippen LogP contribution in [0.25, 0.3) is 5.65 Å². The summed E-state index contributed by atoms with van der Waals surface area (Å²) in [4.78, 5) is 16.6. The summed E-state index contributed by atoms with van der Waals surface area (Å²) >= 11 is 5.69. The van der Waals surface area contributed by atoms with Gasteiger partial charge in [0.05, 0.1) is 16.4 Å². The van der Waals surface area contributed by atoms with Crippen molar-refractivity contribution in [3.8, 4) is 0 Å². The van der Waals surface area contributed by atoms with E-state index in [4.69, 9.17) is 11.6 Å². The number of fused-ring (bicyclic) bond motifs is 1. The Morgan fingerprint density at radius 3 is 2.77 bits per heavy atom. The van der Waals surface area contributed by atoms with Crippen molar-refractivity contribution in [2.45, 2.75) is 13.8 Å². The van der Waals surface area contributed by atoms with Crippen LogP contribution in [0.15, 0.2) is 30.3 Å². The molecule has 2 heterocycles. The van der Waals surface area contributed by atoms with Crippen molar-refractivity contribution in [2.24, 2.45) is 0 Å². The third-order valence-electron chi connectivity index (χ3n) is 3.35. The minimum Gasteiger partial charge on any atom is -0.321 e. The van der Waals surface area contributed by atoms with Gasteiger partial charge in [-0.15, -0.1) is 0 Å². The summed E-state index contributed by atoms with van der Waals surface area (Å²) in [7, 11) is 0. The number of carbonyl (C=O) groups is 1. The van der Waals surface area contributed by atoms with E-state index in [2.05, 4.69) is 15.4 Å². The molecule has 3 rings (SSSR count). The minimum absolute atomic E-state index is 0.0534. The second kappa shape index (κ2) is 5.38. The molecule has 0 fully saturated rings. The predicted molar refractivity (Wildman–Crippen MR) is 81.8 cm³/mol. The predicted octanol–water partition coefficient (Wildman–Crippen LogP) is 3.39. The molecule has 3 aromatic rings. The summed E-state index contributed by atoms with van der Waals surface area (Å²) in [6.45, 7) is 3.76. The zero-order valence-electron chi connectivity index (χ0n) is 11.9. The van der Waals surface area contributed by atoms with E-state index in [1.165, 1.54) is 18.2 Å². The lowest BCUT2D eigenvalue weighted by atomic mass is 10.3. The summed E-state index contributed by atoms with van der Waals surface area (Å²) in [6.07, 6.45) is 0. The summed E-state index contributed by atoms with van der Waals surface area (Å²) in [6, 6.07) is 7.28. The number of carbonyl (C=O) groups excluding carboxylic acids is 1. The van der Waals surface area contributed by atoms with Crippen molar-refractivity contribution in [2.75, 3.05) is 5.32 Å². The van der Waals surface area contributed by atoms with Gasteiger partial charge in [-0.1, -0.05) is 11.6 Å². The van der Waals surface area contributed by atoms with Crippen LogP contribution in [0.2, 0.25) is 5.02 Å². The third-order valence-corrected chi connectivity index (χ3v) is 3.64. The maximum absolute atomic E-state index is 13.1. The zero-order valence-corrected chi connectivity index (χ0v) is 12.6. The highest BCUT2D eigenvalue weighted by atomic mass is 35.5. The smallest absolute Gasteiger partial charge is 0.276 e. The van der Waals surface area contributed by atoms with Crippen molar-refractivity contribution in [3.05, 3.63) is 58.3 Å². The second-order valence-electron chi connectivity index (χ2n) is 4.85. The van der Waals surface area contributed by atoms with E-state index in [1.807, 2.05) is 13.8 Å². The number of aryl methyl sites for hydroxylation is 2. The van der Waals surface area contributed by atoms with Crippen molar-refractivity contribution >= 4 is 28.8 Å². The van der Waals surface area contributed by atoms with Gasteiger partial charge in [0.25, 0.3) is 5.91 Å². The average Bonchev–Trinajstić information content (AvgIpc) is 2.78. The molecule has 2 aromatic heterocycles. The quantitative estimate of drug-likeness (QED) is 0.788. The molecule has 0 atom stereocenters. The first-order valence-corrected chi connectivity index (χ1v) is 6.93. The summed E-state index contributed by atoms with van der Waals surface area (Å²) < 4.78 is 14.7. The molecule has 0 bridgehead atoms. The van der Waals surface area contributed by atoms with E-state index in [0.29, 0.717) is 11.3 Å². The highest BCUT2D eigenvalue weighted by molar-refractivity contribution is 6.31. The molecule has 1 amide bonds. The first-order chi connectivity index (χ1) is 10.5. The van der Waals surface area contributed by atoms with Gasteiger partial charge in [0.15, 0.2) is 5.65 Å². The fourth-order valence-electron chi connectivity index (χ4n) is 2.04. The topological polar surface area (TPSA) is 59.3 Å². The molecule has 0 aliphatic carbocycles. The molecule has 1 N–H and O–H groups in total. The van der Waals surface area contributed by atoms with E-state index in [1.54, 1.807) is 16.6 Å². The molecule has 0 aliphatic rings.